The summed E-state index contributed by atoms with van der Waals surface area (Å²) < 4.78 is 114. The number of hydroxylamine groups is 2. The first-order valence-electron chi connectivity index (χ1n) is 18.0. The van der Waals surface area contributed by atoms with E-state index >= 15 is 0 Å². The maximum Gasteiger partial charge on any atom is 0.336 e. The van der Waals surface area contributed by atoms with Crippen molar-refractivity contribution in [2.24, 2.45) is 10.8 Å². The van der Waals surface area contributed by atoms with Crippen LogP contribution in [-0.2, 0) is 56.0 Å². The Morgan fingerprint density at radius 3 is 1.94 bits per heavy atom. The largest absolute Gasteiger partial charge is 0.748 e. The molecule has 0 radical (unpaired) electrons. The summed E-state index contributed by atoms with van der Waals surface area (Å²) in [7, 11) is -14.5. The summed E-state index contributed by atoms with van der Waals surface area (Å²) in [6, 6.07) is 10.4. The van der Waals surface area contributed by atoms with Gasteiger partial charge in [0.25, 0.3) is 32.1 Å². The summed E-state index contributed by atoms with van der Waals surface area (Å²) in [6.07, 6.45) is 5.30. The summed E-state index contributed by atoms with van der Waals surface area (Å²) in [5, 5.41) is 11.4. The topological polar surface area (TPSA) is 276 Å². The Balaban J connectivity index is 0.000000661. The van der Waals surface area contributed by atoms with Crippen LogP contribution in [0, 0.1) is 10.8 Å². The second-order valence-corrected chi connectivity index (χ2v) is 20.1. The Morgan fingerprint density at radius 2 is 1.40 bits per heavy atom. The van der Waals surface area contributed by atoms with Gasteiger partial charge in [-0.1, -0.05) is 86.4 Å². The van der Waals surface area contributed by atoms with Gasteiger partial charge >= 0.3 is 11.9 Å². The van der Waals surface area contributed by atoms with Crippen molar-refractivity contribution < 1.29 is 72.8 Å². The molecule has 1 saturated heterocycles. The zero-order valence-corrected chi connectivity index (χ0v) is 35.1. The van der Waals surface area contributed by atoms with Gasteiger partial charge in [-0.15, -0.1) is 5.06 Å². The number of allylic oxidation sites excluding steroid dienone is 2. The second-order valence-electron chi connectivity index (χ2n) is 15.9. The fourth-order valence-corrected chi connectivity index (χ4v) is 9.97. The van der Waals surface area contributed by atoms with E-state index in [0.717, 1.165) is 6.92 Å². The molecule has 4 aliphatic rings. The van der Waals surface area contributed by atoms with Gasteiger partial charge in [-0.2, -0.15) is 16.8 Å². The Labute approximate surface area is 366 Å². The molecule has 3 aromatic carbocycles. The fraction of sp³-hybridized carbons (Fsp3) is 0.349. The molecule has 2 amide bonds. The van der Waals surface area contributed by atoms with Crippen LogP contribution < -0.4 is 15.2 Å². The van der Waals surface area contributed by atoms with E-state index in [9.17, 15) is 63.2 Å². The predicted octanol–water partition coefficient (Wildman–Crippen LogP) is 5.11. The molecule has 3 aromatic rings. The molecule has 0 bridgehead atoms. The molecule has 3 N–H and O–H groups in total. The van der Waals surface area contributed by atoms with Crippen LogP contribution in [0.25, 0.3) is 22.8 Å². The number of ether oxygens (including phenoxy) is 1. The lowest BCUT2D eigenvalue weighted by atomic mass is 9.75. The molecular weight excluding hydrogens is 883 g/mol. The number of nitrogens with zero attached hydrogens (tertiary/aromatic N) is 1. The number of carboxylic acids is 1. The van der Waals surface area contributed by atoms with Crippen LogP contribution in [0.5, 0.6) is 11.5 Å². The zero-order chi connectivity index (χ0) is 44.5. The summed E-state index contributed by atoms with van der Waals surface area (Å²) in [5.74, 6) is -4.90. The summed E-state index contributed by atoms with van der Waals surface area (Å²) in [4.78, 5) is 48.0. The molecule has 17 nitrogen and oxygen atoms in total. The molecule has 0 spiro atoms. The van der Waals surface area contributed by atoms with Gasteiger partial charge < -0.3 is 19.2 Å². The molecule has 0 saturated carbocycles. The van der Waals surface area contributed by atoms with E-state index in [1.54, 1.807) is 52.0 Å². The van der Waals surface area contributed by atoms with Gasteiger partial charge in [0, 0.05) is 41.5 Å². The number of amides is 2. The molecule has 2 aliphatic heterocycles. The molecule has 20 heteroatoms. The number of carbonyl (C=O) groups is 4. The van der Waals surface area contributed by atoms with Crippen molar-refractivity contribution in [1.82, 2.24) is 5.06 Å². The highest BCUT2D eigenvalue weighted by Crippen LogP contribution is 2.49. The fourth-order valence-electron chi connectivity index (χ4n) is 7.84. The van der Waals surface area contributed by atoms with Gasteiger partial charge in [0.2, 0.25) is 0 Å². The summed E-state index contributed by atoms with van der Waals surface area (Å²) in [6.45, 7) is 8.18. The van der Waals surface area contributed by atoms with Gasteiger partial charge in [0.1, 0.15) is 16.4 Å². The van der Waals surface area contributed by atoms with Gasteiger partial charge in [0.05, 0.1) is 21.4 Å². The molecule has 0 unspecified atom stereocenters. The summed E-state index contributed by atoms with van der Waals surface area (Å²) >= 11 is 0. The molecule has 2 heterocycles. The van der Waals surface area contributed by atoms with Crippen molar-refractivity contribution in [2.45, 2.75) is 81.1 Å². The van der Waals surface area contributed by atoms with Crippen LogP contribution in [0.1, 0.15) is 108 Å². The number of hydrogen-bond acceptors (Lipinski definition) is 13. The van der Waals surface area contributed by atoms with Gasteiger partial charge in [-0.3, -0.25) is 18.7 Å². The highest BCUT2D eigenvalue weighted by molar-refractivity contribution is 7.86. The Morgan fingerprint density at radius 1 is 0.810 bits per heavy atom. The number of carbonyl (C=O) groups excluding carboxylic acids is 3. The molecule has 1 fully saturated rings. The first-order chi connectivity index (χ1) is 27.5. The molecule has 342 valence electrons. The number of carboxylic acid groups (broad SMARTS) is 1. The van der Waals surface area contributed by atoms with E-state index in [-0.39, 0.29) is 103 Å². The van der Waals surface area contributed by atoms with E-state index in [2.05, 4.69) is 4.84 Å². The molecule has 0 atom stereocenters. The average Bonchev–Trinajstić information content (AvgIpc) is 3.38. The molecule has 2 aliphatic carbocycles. The second kappa shape index (κ2) is 17.9. The quantitative estimate of drug-likeness (QED) is 0.153. The molecular formula is C43H50NO16S3-. The standard InChI is InChI=1S/C34H32O12S3.C6H7NO4.3CH4/c1-33(2)12-18-9-28-25(10-23(18)19(13-33)16-47(37,38)39)29(21-7-5-6-8-22(21)32(35)36)26-11-24-20(17-48(40,41)42)14-34(3,4)15-27(24)31(30(26)46-28)49(43,44)45;1-4(8)11-7-5(9)2-3-6(7)10;;;/h5-14H,15-17H2,1-4H3,(H,35,36)(H,37,38,39)(H,40,41,42)(H,43,44,45);2-3H2,1H3;3*1H4/p-1. The lowest BCUT2D eigenvalue weighted by molar-refractivity contribution is -0.195. The zero-order valence-electron chi connectivity index (χ0n) is 32.6. The number of hydrogen-bond donors (Lipinski definition) is 3. The lowest BCUT2D eigenvalue weighted by Gasteiger charge is -2.34. The monoisotopic (exact) mass is 932 g/mol. The number of imide groups is 1. The SMILES string of the molecule is C.C.C.CC(=O)ON1C(=O)CCC1=O.CC1(C)C=C(CS(=O)(=O)[O-])c2cc3c(cc2=C1)Oc1c(cc2c(c1S(=O)(=O)O)CC(C)(C)C=C2CS(=O)(=O)O)C=3c1ccccc1C(=O)O. The van der Waals surface area contributed by atoms with E-state index in [1.807, 2.05) is 0 Å². The smallest absolute Gasteiger partial charge is 0.336 e. The Kier molecular flexibility index (Phi) is 14.8. The van der Waals surface area contributed by atoms with Crippen molar-refractivity contribution in [1.29, 1.82) is 0 Å². The van der Waals surface area contributed by atoms with Crippen molar-refractivity contribution in [3.63, 3.8) is 0 Å². The van der Waals surface area contributed by atoms with E-state index in [4.69, 9.17) is 4.74 Å². The normalized spacial score (nSPS) is 16.8. The number of rotatable bonds is 8. The van der Waals surface area contributed by atoms with Crippen LogP contribution in [0.2, 0.25) is 0 Å². The van der Waals surface area contributed by atoms with E-state index in [0.29, 0.717) is 15.8 Å². The number of aromatic carboxylic acids is 1. The van der Waals surface area contributed by atoms with Crippen LogP contribution in [0.15, 0.2) is 59.5 Å². The van der Waals surface area contributed by atoms with Crippen molar-refractivity contribution in [3.05, 3.63) is 98.4 Å². The molecule has 0 aromatic heterocycles. The molecule has 7 rings (SSSR count). The first-order valence-corrected chi connectivity index (χ1v) is 22.6. The van der Waals surface area contributed by atoms with Crippen LogP contribution in [0.3, 0.4) is 0 Å². The maximum atomic E-state index is 13.3. The van der Waals surface area contributed by atoms with Crippen LogP contribution >= 0.6 is 0 Å². The minimum Gasteiger partial charge on any atom is -0.748 e. The van der Waals surface area contributed by atoms with Crippen molar-refractivity contribution in [2.75, 3.05) is 11.5 Å². The van der Waals surface area contributed by atoms with Gasteiger partial charge in [-0.05, 0) is 74.7 Å². The highest BCUT2D eigenvalue weighted by atomic mass is 32.2. The van der Waals surface area contributed by atoms with Gasteiger partial charge in [-0.25, -0.2) is 18.0 Å². The Bertz CT molecular complexity index is 2960. The third-order valence-corrected chi connectivity index (χ3v) is 12.1. The van der Waals surface area contributed by atoms with Crippen LogP contribution in [-0.4, -0.2) is 84.3 Å². The third-order valence-electron chi connectivity index (χ3n) is 9.78. The predicted molar refractivity (Wildman–Crippen MR) is 233 cm³/mol. The van der Waals surface area contributed by atoms with Gasteiger partial charge in [0.15, 0.2) is 5.75 Å². The highest BCUT2D eigenvalue weighted by Gasteiger charge is 2.39. The van der Waals surface area contributed by atoms with Crippen LogP contribution in [0.4, 0.5) is 0 Å². The first kappa shape index (κ1) is 51.8. The average molecular weight is 933 g/mol. The number of fused-ring (bicyclic) bond motifs is 4. The van der Waals surface area contributed by atoms with Crippen molar-refractivity contribution in [3.8, 4) is 11.5 Å². The summed E-state index contributed by atoms with van der Waals surface area (Å²) in [5.41, 5.74) is -0.836. The number of benzene rings is 3. The van der Waals surface area contributed by atoms with E-state index < -0.39 is 81.3 Å². The minimum atomic E-state index is -5.11. The van der Waals surface area contributed by atoms with Crippen molar-refractivity contribution >= 4 is 76.9 Å². The Hall–Kier alpha value is -5.51. The third kappa shape index (κ3) is 11.2. The minimum absolute atomic E-state index is 0. The maximum absolute atomic E-state index is 13.3. The van der Waals surface area contributed by atoms with E-state index in [1.165, 1.54) is 36.4 Å². The molecule has 63 heavy (non-hydrogen) atoms. The lowest BCUT2D eigenvalue weighted by Crippen LogP contribution is -2.30.